The summed E-state index contributed by atoms with van der Waals surface area (Å²) in [5.41, 5.74) is -2.57. The maximum Gasteiger partial charge on any atom is 0.423 e. The molecule has 0 spiro atoms. The molecule has 2 aromatic rings. The van der Waals surface area contributed by atoms with E-state index in [4.69, 9.17) is 14.7 Å². The minimum atomic E-state index is -4.88. The van der Waals surface area contributed by atoms with Crippen LogP contribution in [0.1, 0.15) is 11.1 Å². The lowest BCUT2D eigenvalue weighted by atomic mass is 10.2. The normalized spacial score (nSPS) is 14.3. The molecular formula is C27H36F3N7O4Si. The van der Waals surface area contributed by atoms with Gasteiger partial charge in [0.25, 0.3) is 5.56 Å². The van der Waals surface area contributed by atoms with E-state index in [-0.39, 0.29) is 32.4 Å². The van der Waals surface area contributed by atoms with Crippen LogP contribution in [0, 0.1) is 11.3 Å². The maximum absolute atomic E-state index is 13.7. The summed E-state index contributed by atoms with van der Waals surface area (Å²) in [6.07, 6.45) is 0.543. The molecule has 0 bridgehead atoms. The summed E-state index contributed by atoms with van der Waals surface area (Å²) in [5, 5.41) is 15.3. The number of nitriles is 1. The Morgan fingerprint density at radius 3 is 2.50 bits per heavy atom. The van der Waals surface area contributed by atoms with Gasteiger partial charge in [0.1, 0.15) is 24.2 Å². The predicted octanol–water partition coefficient (Wildman–Crippen LogP) is 3.17. The number of pyridine rings is 1. The number of halogens is 3. The summed E-state index contributed by atoms with van der Waals surface area (Å²) in [5.74, 6) is 0.579. The van der Waals surface area contributed by atoms with Gasteiger partial charge in [-0.3, -0.25) is 9.59 Å². The average Bonchev–Trinajstić information content (AvgIpc) is 2.94. The van der Waals surface area contributed by atoms with E-state index in [1.54, 1.807) is 23.1 Å². The number of amides is 1. The summed E-state index contributed by atoms with van der Waals surface area (Å²) in [7, 11) is -1.38. The van der Waals surface area contributed by atoms with Crippen LogP contribution in [0.25, 0.3) is 0 Å². The van der Waals surface area contributed by atoms with E-state index in [1.807, 2.05) is 11.0 Å². The van der Waals surface area contributed by atoms with Gasteiger partial charge in [0.05, 0.1) is 30.7 Å². The second-order valence-corrected chi connectivity index (χ2v) is 16.4. The van der Waals surface area contributed by atoms with Crippen molar-refractivity contribution < 1.29 is 27.4 Å². The van der Waals surface area contributed by atoms with Crippen LogP contribution in [-0.2, 0) is 27.2 Å². The minimum absolute atomic E-state index is 0.00590. The van der Waals surface area contributed by atoms with E-state index in [0.29, 0.717) is 43.0 Å². The van der Waals surface area contributed by atoms with Crippen LogP contribution in [0.4, 0.5) is 24.7 Å². The second-order valence-electron chi connectivity index (χ2n) is 10.8. The quantitative estimate of drug-likeness (QED) is 0.208. The summed E-state index contributed by atoms with van der Waals surface area (Å²) in [6.45, 7) is 8.76. The molecule has 2 aromatic heterocycles. The van der Waals surface area contributed by atoms with E-state index in [2.05, 4.69) is 35.0 Å². The Morgan fingerprint density at radius 2 is 1.88 bits per heavy atom. The smallest absolute Gasteiger partial charge is 0.381 e. The lowest BCUT2D eigenvalue weighted by molar-refractivity contribution is -0.138. The highest BCUT2D eigenvalue weighted by atomic mass is 28.3. The SMILES string of the molecule is C[Si](C)(C)CCOCn1ncc(NCCOC/C=C/C(=O)N2CCN(c3ccc(C#N)cn3)CC2)c(C(F)(F)F)c1=O. The van der Waals surface area contributed by atoms with Crippen LogP contribution in [0.3, 0.4) is 0 Å². The number of carbonyl (C=O) groups is 1. The Hall–Kier alpha value is -3.74. The fourth-order valence-electron chi connectivity index (χ4n) is 3.98. The summed E-state index contributed by atoms with van der Waals surface area (Å²) in [6, 6.07) is 6.32. The molecule has 11 nitrogen and oxygen atoms in total. The van der Waals surface area contributed by atoms with Gasteiger partial charge in [-0.15, -0.1) is 0 Å². The van der Waals surface area contributed by atoms with E-state index in [9.17, 15) is 22.8 Å². The van der Waals surface area contributed by atoms with E-state index in [0.717, 1.165) is 18.1 Å². The van der Waals surface area contributed by atoms with Gasteiger partial charge in [-0.25, -0.2) is 9.67 Å². The highest BCUT2D eigenvalue weighted by molar-refractivity contribution is 6.76. The van der Waals surface area contributed by atoms with Crippen molar-refractivity contribution in [2.75, 3.05) is 62.8 Å². The number of nitrogens with one attached hydrogen (secondary N) is 1. The van der Waals surface area contributed by atoms with Crippen LogP contribution in [0.5, 0.6) is 0 Å². The standard InChI is InChI=1S/C27H36F3N7O4Si/c1-42(2,3)16-15-41-20-37-26(39)25(27(28,29)30)22(19-34-37)32-8-14-40-13-4-5-24(38)36-11-9-35(10-12-36)23-7-6-21(17-31)18-33-23/h4-7,18-19,32H,8-16,20H2,1-3H3/b5-4+. The first kappa shape index (κ1) is 32.8. The third kappa shape index (κ3) is 9.96. The second kappa shape index (κ2) is 14.9. The van der Waals surface area contributed by atoms with Crippen molar-refractivity contribution >= 4 is 25.5 Å². The summed E-state index contributed by atoms with van der Waals surface area (Å²) >= 11 is 0. The van der Waals surface area contributed by atoms with Crippen LogP contribution in [0.15, 0.2) is 41.5 Å². The molecule has 3 rings (SSSR count). The van der Waals surface area contributed by atoms with Crippen LogP contribution < -0.4 is 15.8 Å². The number of hydrogen-bond acceptors (Lipinski definition) is 9. The molecule has 1 saturated heterocycles. The number of alkyl halides is 3. The number of carbonyl (C=O) groups excluding carboxylic acids is 1. The molecule has 3 heterocycles. The largest absolute Gasteiger partial charge is 0.423 e. The van der Waals surface area contributed by atoms with Gasteiger partial charge in [-0.05, 0) is 18.2 Å². The molecular weight excluding hydrogens is 571 g/mol. The predicted molar refractivity (Wildman–Crippen MR) is 154 cm³/mol. The van der Waals surface area contributed by atoms with Gasteiger partial charge < -0.3 is 24.6 Å². The highest BCUT2D eigenvalue weighted by Crippen LogP contribution is 2.31. The molecule has 0 atom stereocenters. The Labute approximate surface area is 243 Å². The van der Waals surface area contributed by atoms with Gasteiger partial charge in [0, 0.05) is 59.7 Å². The Bertz CT molecular complexity index is 1310. The van der Waals surface area contributed by atoms with Crippen molar-refractivity contribution in [3.8, 4) is 6.07 Å². The third-order valence-electron chi connectivity index (χ3n) is 6.37. The molecule has 0 unspecified atom stereocenters. The number of rotatable bonds is 13. The average molecular weight is 608 g/mol. The maximum atomic E-state index is 13.7. The number of hydrogen-bond donors (Lipinski definition) is 1. The van der Waals surface area contributed by atoms with Crippen LogP contribution in [-0.4, -0.2) is 86.2 Å². The minimum Gasteiger partial charge on any atom is -0.381 e. The zero-order chi connectivity index (χ0) is 30.8. The molecule has 1 fully saturated rings. The fourth-order valence-corrected chi connectivity index (χ4v) is 4.73. The van der Waals surface area contributed by atoms with Crippen molar-refractivity contribution in [1.29, 1.82) is 5.26 Å². The Kier molecular flexibility index (Phi) is 11.7. The Morgan fingerprint density at radius 1 is 1.14 bits per heavy atom. The van der Waals surface area contributed by atoms with E-state index < -0.39 is 31.1 Å². The molecule has 15 heteroatoms. The van der Waals surface area contributed by atoms with Crippen LogP contribution >= 0.6 is 0 Å². The molecule has 0 saturated carbocycles. The molecule has 1 amide bonds. The van der Waals surface area contributed by atoms with Crippen molar-refractivity contribution in [2.24, 2.45) is 0 Å². The number of aromatic nitrogens is 3. The molecule has 0 aromatic carbocycles. The van der Waals surface area contributed by atoms with Gasteiger partial charge in [0.2, 0.25) is 5.91 Å². The number of anilines is 2. The first-order valence-electron chi connectivity index (χ1n) is 13.5. The monoisotopic (exact) mass is 607 g/mol. The lowest BCUT2D eigenvalue weighted by Gasteiger charge is -2.34. The molecule has 228 valence electrons. The first-order valence-corrected chi connectivity index (χ1v) is 17.2. The van der Waals surface area contributed by atoms with Crippen molar-refractivity contribution in [3.63, 3.8) is 0 Å². The zero-order valence-electron chi connectivity index (χ0n) is 24.0. The van der Waals surface area contributed by atoms with Crippen molar-refractivity contribution in [2.45, 2.75) is 38.6 Å². The first-order chi connectivity index (χ1) is 19.9. The third-order valence-corrected chi connectivity index (χ3v) is 8.07. The van der Waals surface area contributed by atoms with Gasteiger partial charge in [-0.1, -0.05) is 25.7 Å². The summed E-state index contributed by atoms with van der Waals surface area (Å²) in [4.78, 5) is 33.0. The Balaban J connectivity index is 1.40. The lowest BCUT2D eigenvalue weighted by Crippen LogP contribution is -2.48. The molecule has 0 radical (unpaired) electrons. The fraction of sp³-hybridized carbons (Fsp3) is 0.519. The van der Waals surface area contributed by atoms with Crippen molar-refractivity contribution in [1.82, 2.24) is 19.7 Å². The number of ether oxygens (including phenoxy) is 2. The van der Waals surface area contributed by atoms with E-state index in [1.165, 1.54) is 12.3 Å². The van der Waals surface area contributed by atoms with Crippen LogP contribution in [0.2, 0.25) is 25.7 Å². The number of nitrogens with zero attached hydrogens (tertiary/aromatic N) is 6. The van der Waals surface area contributed by atoms with Crippen molar-refractivity contribution in [3.05, 3.63) is 58.2 Å². The van der Waals surface area contributed by atoms with Gasteiger partial charge >= 0.3 is 6.18 Å². The zero-order valence-corrected chi connectivity index (χ0v) is 25.0. The highest BCUT2D eigenvalue weighted by Gasteiger charge is 2.38. The molecule has 1 N–H and O–H groups in total. The summed E-state index contributed by atoms with van der Waals surface area (Å²) < 4.78 is 52.4. The van der Waals surface area contributed by atoms with E-state index >= 15 is 0 Å². The molecule has 42 heavy (non-hydrogen) atoms. The number of piperazine rings is 1. The topological polar surface area (TPSA) is 126 Å². The molecule has 1 aliphatic heterocycles. The van der Waals surface area contributed by atoms with Gasteiger partial charge in [0.15, 0.2) is 0 Å². The molecule has 0 aliphatic carbocycles. The molecule has 1 aliphatic rings. The van der Waals surface area contributed by atoms with Gasteiger partial charge in [-0.2, -0.15) is 23.5 Å².